The maximum atomic E-state index is 8.62. The first kappa shape index (κ1) is 12.0. The van der Waals surface area contributed by atoms with Gasteiger partial charge in [-0.25, -0.2) is 0 Å². The highest BCUT2D eigenvalue weighted by molar-refractivity contribution is 8.00. The molecule has 2 aromatic rings. The van der Waals surface area contributed by atoms with E-state index in [0.717, 1.165) is 16.9 Å². The van der Waals surface area contributed by atoms with Crippen LogP contribution in [0, 0.1) is 0 Å². The highest BCUT2D eigenvalue weighted by Gasteiger charge is 2.01. The van der Waals surface area contributed by atoms with Gasteiger partial charge < -0.3 is 10.9 Å². The quantitative estimate of drug-likeness (QED) is 0.293. The molecule has 0 saturated heterocycles. The molecular weight excluding hydrogens is 252 g/mol. The fraction of sp³-hybridized carbons (Fsp3) is 0.0833. The van der Waals surface area contributed by atoms with Crippen molar-refractivity contribution in [3.63, 3.8) is 0 Å². The van der Waals surface area contributed by atoms with Gasteiger partial charge in [-0.1, -0.05) is 29.4 Å². The molecule has 0 saturated carbocycles. The number of oxime groups is 1. The molecule has 1 aromatic carbocycles. The Balaban J connectivity index is 2.06. The maximum absolute atomic E-state index is 8.62. The van der Waals surface area contributed by atoms with Crippen molar-refractivity contribution in [2.45, 2.75) is 9.96 Å². The first-order valence-corrected chi connectivity index (χ1v) is 6.89. The summed E-state index contributed by atoms with van der Waals surface area (Å²) < 4.78 is 1.29. The second-order valence-corrected chi connectivity index (χ2v) is 5.63. The third-order valence-electron chi connectivity index (χ3n) is 2.21. The second kappa shape index (κ2) is 5.75. The van der Waals surface area contributed by atoms with Crippen LogP contribution in [-0.4, -0.2) is 11.0 Å². The maximum Gasteiger partial charge on any atom is 0.170 e. The number of rotatable bonds is 4. The van der Waals surface area contributed by atoms with Gasteiger partial charge in [0.25, 0.3) is 0 Å². The summed E-state index contributed by atoms with van der Waals surface area (Å²) >= 11 is 3.52. The summed E-state index contributed by atoms with van der Waals surface area (Å²) in [5, 5.41) is 13.7. The second-order valence-electron chi connectivity index (χ2n) is 3.41. The van der Waals surface area contributed by atoms with Gasteiger partial charge in [0.2, 0.25) is 0 Å². The molecule has 0 aliphatic carbocycles. The fourth-order valence-electron chi connectivity index (χ4n) is 1.38. The molecule has 0 atom stereocenters. The molecule has 0 aliphatic heterocycles. The van der Waals surface area contributed by atoms with E-state index in [1.807, 2.05) is 30.3 Å². The monoisotopic (exact) mass is 264 g/mol. The van der Waals surface area contributed by atoms with Gasteiger partial charge in [-0.3, -0.25) is 0 Å². The van der Waals surface area contributed by atoms with Crippen LogP contribution < -0.4 is 5.73 Å². The van der Waals surface area contributed by atoms with Crippen LogP contribution in [-0.2, 0) is 5.75 Å². The van der Waals surface area contributed by atoms with Gasteiger partial charge in [-0.2, -0.15) is 0 Å². The smallest absolute Gasteiger partial charge is 0.170 e. The molecule has 88 valence electrons. The van der Waals surface area contributed by atoms with Crippen LogP contribution in [0.15, 0.2) is 51.1 Å². The van der Waals surface area contributed by atoms with Gasteiger partial charge in [-0.05, 0) is 23.1 Å². The molecule has 0 radical (unpaired) electrons. The van der Waals surface area contributed by atoms with Crippen molar-refractivity contribution in [3.05, 3.63) is 52.9 Å². The van der Waals surface area contributed by atoms with Gasteiger partial charge in [0.15, 0.2) is 5.84 Å². The van der Waals surface area contributed by atoms with Crippen molar-refractivity contribution in [3.8, 4) is 0 Å². The number of thioether (sulfide) groups is 1. The third kappa shape index (κ3) is 3.25. The lowest BCUT2D eigenvalue weighted by Crippen LogP contribution is -2.13. The Morgan fingerprint density at radius 3 is 2.94 bits per heavy atom. The van der Waals surface area contributed by atoms with Crippen molar-refractivity contribution in [2.24, 2.45) is 10.9 Å². The Morgan fingerprint density at radius 2 is 2.24 bits per heavy atom. The topological polar surface area (TPSA) is 58.6 Å². The van der Waals surface area contributed by atoms with Crippen LogP contribution in [0.2, 0.25) is 0 Å². The largest absolute Gasteiger partial charge is 0.409 e. The van der Waals surface area contributed by atoms with E-state index in [1.54, 1.807) is 23.1 Å². The van der Waals surface area contributed by atoms with E-state index >= 15 is 0 Å². The van der Waals surface area contributed by atoms with Gasteiger partial charge in [-0.15, -0.1) is 23.1 Å². The van der Waals surface area contributed by atoms with Gasteiger partial charge in [0.1, 0.15) is 0 Å². The summed E-state index contributed by atoms with van der Waals surface area (Å²) in [7, 11) is 0. The van der Waals surface area contributed by atoms with Crippen LogP contribution in [0.4, 0.5) is 0 Å². The van der Waals surface area contributed by atoms with Crippen LogP contribution in [0.3, 0.4) is 0 Å². The summed E-state index contributed by atoms with van der Waals surface area (Å²) in [6.45, 7) is 0. The normalized spacial score (nSPS) is 11.6. The summed E-state index contributed by atoms with van der Waals surface area (Å²) in [5.41, 5.74) is 7.46. The molecule has 0 unspecified atom stereocenters. The molecule has 0 spiro atoms. The number of hydrogen-bond donors (Lipinski definition) is 2. The van der Waals surface area contributed by atoms with E-state index in [4.69, 9.17) is 10.9 Å². The number of nitrogens with zero attached hydrogens (tertiary/aromatic N) is 1. The molecule has 5 heteroatoms. The van der Waals surface area contributed by atoms with Crippen molar-refractivity contribution >= 4 is 28.9 Å². The molecule has 17 heavy (non-hydrogen) atoms. The van der Waals surface area contributed by atoms with Gasteiger partial charge >= 0.3 is 0 Å². The fourth-order valence-corrected chi connectivity index (χ4v) is 3.11. The summed E-state index contributed by atoms with van der Waals surface area (Å²) in [6, 6.07) is 11.9. The molecule has 2 rings (SSSR count). The van der Waals surface area contributed by atoms with Crippen LogP contribution >= 0.6 is 23.1 Å². The van der Waals surface area contributed by atoms with E-state index in [9.17, 15) is 0 Å². The number of thiophene rings is 1. The minimum absolute atomic E-state index is 0.146. The predicted octanol–water partition coefficient (Wildman–Crippen LogP) is 3.13. The van der Waals surface area contributed by atoms with Crippen molar-refractivity contribution in [1.29, 1.82) is 0 Å². The summed E-state index contributed by atoms with van der Waals surface area (Å²) in [6.07, 6.45) is 0. The van der Waals surface area contributed by atoms with Crippen molar-refractivity contribution < 1.29 is 5.21 Å². The number of hydrogen-bond acceptors (Lipinski definition) is 4. The van der Waals surface area contributed by atoms with Gasteiger partial charge in [0.05, 0.1) is 4.21 Å². The van der Waals surface area contributed by atoms with Crippen LogP contribution in [0.1, 0.15) is 11.1 Å². The lowest BCUT2D eigenvalue weighted by molar-refractivity contribution is 0.318. The average molecular weight is 264 g/mol. The molecule has 0 amide bonds. The Hall–Kier alpha value is -1.46. The van der Waals surface area contributed by atoms with E-state index in [0.29, 0.717) is 0 Å². The molecule has 1 heterocycles. The lowest BCUT2D eigenvalue weighted by atomic mass is 10.1. The molecule has 0 fully saturated rings. The van der Waals surface area contributed by atoms with Crippen LogP contribution in [0.5, 0.6) is 0 Å². The summed E-state index contributed by atoms with van der Waals surface area (Å²) in [4.78, 5) is 0. The Morgan fingerprint density at radius 1 is 1.35 bits per heavy atom. The van der Waals surface area contributed by atoms with Crippen LogP contribution in [0.25, 0.3) is 0 Å². The van der Waals surface area contributed by atoms with Crippen molar-refractivity contribution in [2.75, 3.05) is 0 Å². The molecule has 3 nitrogen and oxygen atoms in total. The first-order valence-electron chi connectivity index (χ1n) is 5.03. The molecule has 0 aliphatic rings. The average Bonchev–Trinajstić information content (AvgIpc) is 2.89. The minimum Gasteiger partial charge on any atom is -0.409 e. The zero-order valence-corrected chi connectivity index (χ0v) is 10.7. The molecule has 3 N–H and O–H groups in total. The SMILES string of the molecule is N/C(=N\O)c1cccc(CSc2cccs2)c1. The van der Waals surface area contributed by atoms with Crippen molar-refractivity contribution in [1.82, 2.24) is 0 Å². The number of amidine groups is 1. The first-order chi connectivity index (χ1) is 8.29. The number of nitrogens with two attached hydrogens (primary N) is 1. The third-order valence-corrected chi connectivity index (χ3v) is 4.41. The molecular formula is C12H12N2OS2. The standard InChI is InChI=1S/C12H12N2OS2/c13-12(14-15)10-4-1-3-9(7-10)8-17-11-5-2-6-16-11/h1-7,15H,8H2,(H2,13,14). The minimum atomic E-state index is 0.146. The zero-order valence-electron chi connectivity index (χ0n) is 9.04. The molecule has 1 aromatic heterocycles. The highest BCUT2D eigenvalue weighted by atomic mass is 32.2. The lowest BCUT2D eigenvalue weighted by Gasteiger charge is -2.03. The van der Waals surface area contributed by atoms with E-state index in [1.165, 1.54) is 4.21 Å². The zero-order chi connectivity index (χ0) is 12.1. The van der Waals surface area contributed by atoms with E-state index in [-0.39, 0.29) is 5.84 Å². The van der Waals surface area contributed by atoms with E-state index < -0.39 is 0 Å². The Kier molecular flexibility index (Phi) is 4.06. The predicted molar refractivity (Wildman–Crippen MR) is 72.8 cm³/mol. The summed E-state index contributed by atoms with van der Waals surface area (Å²) in [5.74, 6) is 1.03. The van der Waals surface area contributed by atoms with Gasteiger partial charge in [0, 0.05) is 11.3 Å². The number of benzene rings is 1. The van der Waals surface area contributed by atoms with E-state index in [2.05, 4.69) is 16.6 Å². The molecule has 0 bridgehead atoms. The highest BCUT2D eigenvalue weighted by Crippen LogP contribution is 2.27. The Labute approximate surface area is 108 Å². The Bertz CT molecular complexity index is 509.